The quantitative estimate of drug-likeness (QED) is 0.794. The lowest BCUT2D eigenvalue weighted by atomic mass is 10.1. The average Bonchev–Trinajstić information content (AvgIpc) is 2.39. The molecule has 0 bridgehead atoms. The number of aryl methyl sites for hydroxylation is 1. The molecule has 0 fully saturated rings. The molecule has 0 unspecified atom stereocenters. The Morgan fingerprint density at radius 2 is 2.00 bits per heavy atom. The van der Waals surface area contributed by atoms with Crippen molar-refractivity contribution in [3.8, 4) is 0 Å². The number of amides is 1. The number of aromatic nitrogens is 2. The van der Waals surface area contributed by atoms with E-state index in [0.717, 1.165) is 22.5 Å². The highest BCUT2D eigenvalue weighted by Gasteiger charge is 2.10. The normalized spacial score (nSPS) is 10.3. The molecule has 3 N–H and O–H groups in total. The first-order valence-electron chi connectivity index (χ1n) is 5.93. The van der Waals surface area contributed by atoms with Crippen molar-refractivity contribution >= 4 is 27.5 Å². The summed E-state index contributed by atoms with van der Waals surface area (Å²) in [6.07, 6.45) is 0.737. The average molecular weight is 338 g/mol. The van der Waals surface area contributed by atoms with E-state index < -0.39 is 17.2 Å². The minimum Gasteiger partial charge on any atom is -0.320 e. The number of hydrogen-bond donors (Lipinski definition) is 3. The number of benzene rings is 1. The maximum atomic E-state index is 12.0. The molecule has 0 saturated carbocycles. The van der Waals surface area contributed by atoms with Gasteiger partial charge in [-0.25, -0.2) is 4.79 Å². The van der Waals surface area contributed by atoms with Crippen LogP contribution in [-0.2, 0) is 6.42 Å². The van der Waals surface area contributed by atoms with Gasteiger partial charge in [0.05, 0.1) is 0 Å². The van der Waals surface area contributed by atoms with Gasteiger partial charge in [-0.15, -0.1) is 0 Å². The monoisotopic (exact) mass is 337 g/mol. The molecular formula is C13H12BrN3O3. The van der Waals surface area contributed by atoms with Crippen LogP contribution < -0.4 is 16.6 Å². The molecule has 0 aliphatic rings. The van der Waals surface area contributed by atoms with Crippen LogP contribution in [0.15, 0.2) is 38.3 Å². The molecule has 1 heterocycles. The van der Waals surface area contributed by atoms with Crippen molar-refractivity contribution in [2.75, 3.05) is 5.32 Å². The van der Waals surface area contributed by atoms with Crippen molar-refractivity contribution in [1.29, 1.82) is 0 Å². The number of anilines is 1. The van der Waals surface area contributed by atoms with Crippen LogP contribution in [0.1, 0.15) is 23.0 Å². The van der Waals surface area contributed by atoms with Crippen molar-refractivity contribution in [3.05, 3.63) is 60.8 Å². The van der Waals surface area contributed by atoms with E-state index in [1.54, 1.807) is 12.1 Å². The first kappa shape index (κ1) is 14.3. The zero-order valence-corrected chi connectivity index (χ0v) is 12.2. The number of aromatic amines is 2. The number of nitrogens with one attached hydrogen (secondary N) is 3. The second-order valence-electron chi connectivity index (χ2n) is 4.11. The summed E-state index contributed by atoms with van der Waals surface area (Å²) in [6.45, 7) is 1.96. The summed E-state index contributed by atoms with van der Waals surface area (Å²) in [5.41, 5.74) is 0.171. The molecule has 0 saturated heterocycles. The summed E-state index contributed by atoms with van der Waals surface area (Å²) < 4.78 is 0.914. The lowest BCUT2D eigenvalue weighted by Crippen LogP contribution is -2.27. The van der Waals surface area contributed by atoms with Gasteiger partial charge in [0.15, 0.2) is 0 Å². The van der Waals surface area contributed by atoms with Crippen LogP contribution in [0.4, 0.5) is 5.69 Å². The van der Waals surface area contributed by atoms with Crippen LogP contribution >= 0.6 is 15.9 Å². The maximum absolute atomic E-state index is 12.0. The molecule has 0 atom stereocenters. The van der Waals surface area contributed by atoms with E-state index in [0.29, 0.717) is 5.69 Å². The Bertz CT molecular complexity index is 736. The second-order valence-corrected chi connectivity index (χ2v) is 5.03. The van der Waals surface area contributed by atoms with Gasteiger partial charge in [-0.1, -0.05) is 22.9 Å². The fourth-order valence-corrected chi connectivity index (χ4v) is 2.17. The predicted molar refractivity (Wildman–Crippen MR) is 79.2 cm³/mol. The molecule has 104 valence electrons. The van der Waals surface area contributed by atoms with E-state index in [1.165, 1.54) is 0 Å². The maximum Gasteiger partial charge on any atom is 0.326 e. The van der Waals surface area contributed by atoms with Gasteiger partial charge in [0.2, 0.25) is 0 Å². The van der Waals surface area contributed by atoms with Crippen molar-refractivity contribution in [2.24, 2.45) is 0 Å². The zero-order chi connectivity index (χ0) is 14.7. The molecular weight excluding hydrogens is 326 g/mol. The van der Waals surface area contributed by atoms with Gasteiger partial charge in [-0.05, 0) is 30.2 Å². The fourth-order valence-electron chi connectivity index (χ4n) is 1.76. The molecule has 1 aromatic heterocycles. The molecule has 0 aliphatic carbocycles. The summed E-state index contributed by atoms with van der Waals surface area (Å²) >= 11 is 3.36. The van der Waals surface area contributed by atoms with Crippen LogP contribution in [0, 0.1) is 0 Å². The van der Waals surface area contributed by atoms with Crippen molar-refractivity contribution < 1.29 is 4.79 Å². The molecule has 20 heavy (non-hydrogen) atoms. The van der Waals surface area contributed by atoms with Gasteiger partial charge in [0.1, 0.15) is 5.69 Å². The molecule has 0 aliphatic heterocycles. The van der Waals surface area contributed by atoms with Crippen LogP contribution in [0.25, 0.3) is 0 Å². The number of carbonyl (C=O) groups excluding carboxylic acids is 1. The first-order valence-corrected chi connectivity index (χ1v) is 6.72. The minimum absolute atomic E-state index is 0.0799. The number of rotatable bonds is 3. The van der Waals surface area contributed by atoms with Gasteiger partial charge in [-0.2, -0.15) is 0 Å². The molecule has 0 spiro atoms. The Balaban J connectivity index is 2.32. The van der Waals surface area contributed by atoms with E-state index in [2.05, 4.69) is 26.2 Å². The van der Waals surface area contributed by atoms with E-state index in [9.17, 15) is 14.4 Å². The molecule has 0 radical (unpaired) electrons. The lowest BCUT2D eigenvalue weighted by molar-refractivity contribution is 0.102. The SMILES string of the molecule is CCc1cc(Br)ccc1NC(=O)c1cc(=O)[nH]c(=O)[nH]1. The van der Waals surface area contributed by atoms with E-state index in [4.69, 9.17) is 0 Å². The third-order valence-corrected chi connectivity index (χ3v) is 3.19. The van der Waals surface area contributed by atoms with Gasteiger partial charge in [0, 0.05) is 16.2 Å². The van der Waals surface area contributed by atoms with Gasteiger partial charge in [0.25, 0.3) is 11.5 Å². The van der Waals surface area contributed by atoms with E-state index in [-0.39, 0.29) is 5.69 Å². The lowest BCUT2D eigenvalue weighted by Gasteiger charge is -2.10. The molecule has 1 aromatic carbocycles. The molecule has 7 heteroatoms. The summed E-state index contributed by atoms with van der Waals surface area (Å²) in [4.78, 5) is 38.6. The summed E-state index contributed by atoms with van der Waals surface area (Å²) in [5, 5.41) is 2.68. The summed E-state index contributed by atoms with van der Waals surface area (Å²) in [6, 6.07) is 6.50. The highest BCUT2D eigenvalue weighted by atomic mass is 79.9. The van der Waals surface area contributed by atoms with E-state index in [1.807, 2.05) is 18.0 Å². The third kappa shape index (κ3) is 3.24. The Hall–Kier alpha value is -2.15. The summed E-state index contributed by atoms with van der Waals surface area (Å²) in [7, 11) is 0. The van der Waals surface area contributed by atoms with Crippen LogP contribution in [0.2, 0.25) is 0 Å². The highest BCUT2D eigenvalue weighted by Crippen LogP contribution is 2.21. The number of hydrogen-bond acceptors (Lipinski definition) is 3. The van der Waals surface area contributed by atoms with Gasteiger partial charge < -0.3 is 10.3 Å². The Morgan fingerprint density at radius 1 is 1.25 bits per heavy atom. The van der Waals surface area contributed by atoms with Crippen molar-refractivity contribution in [2.45, 2.75) is 13.3 Å². The first-order chi connectivity index (χ1) is 9.49. The largest absolute Gasteiger partial charge is 0.326 e. The Kier molecular flexibility index (Phi) is 4.19. The van der Waals surface area contributed by atoms with Gasteiger partial charge >= 0.3 is 5.69 Å². The van der Waals surface area contributed by atoms with Crippen LogP contribution in [-0.4, -0.2) is 15.9 Å². The Labute approximate surface area is 122 Å². The molecule has 1 amide bonds. The number of H-pyrrole nitrogens is 2. The predicted octanol–water partition coefficient (Wildman–Crippen LogP) is 1.64. The molecule has 6 nitrogen and oxygen atoms in total. The van der Waals surface area contributed by atoms with Crippen LogP contribution in [0.3, 0.4) is 0 Å². The van der Waals surface area contributed by atoms with Gasteiger partial charge in [-0.3, -0.25) is 14.6 Å². The standard InChI is InChI=1S/C13H12BrN3O3/c1-2-7-5-8(14)3-4-9(7)15-12(19)10-6-11(18)17-13(20)16-10/h3-6H,2H2,1H3,(H,15,19)(H2,16,17,18,20). The fraction of sp³-hybridized carbons (Fsp3) is 0.154. The number of halogens is 1. The number of carbonyl (C=O) groups is 1. The topological polar surface area (TPSA) is 94.8 Å². The second kappa shape index (κ2) is 5.87. The van der Waals surface area contributed by atoms with Crippen molar-refractivity contribution in [3.63, 3.8) is 0 Å². The minimum atomic E-state index is -0.714. The van der Waals surface area contributed by atoms with E-state index >= 15 is 0 Å². The highest BCUT2D eigenvalue weighted by molar-refractivity contribution is 9.10. The Morgan fingerprint density at radius 3 is 2.65 bits per heavy atom. The zero-order valence-electron chi connectivity index (χ0n) is 10.6. The molecule has 2 rings (SSSR count). The van der Waals surface area contributed by atoms with Crippen LogP contribution in [0.5, 0.6) is 0 Å². The smallest absolute Gasteiger partial charge is 0.320 e. The molecule has 2 aromatic rings. The van der Waals surface area contributed by atoms with Crippen molar-refractivity contribution in [1.82, 2.24) is 9.97 Å². The summed E-state index contributed by atoms with van der Waals surface area (Å²) in [5.74, 6) is -0.537. The third-order valence-electron chi connectivity index (χ3n) is 2.70.